The molecule has 7 nitrogen and oxygen atoms in total. The summed E-state index contributed by atoms with van der Waals surface area (Å²) in [5.74, 6) is 4.37. The number of hydrogen-bond donors (Lipinski definition) is 4. The van der Waals surface area contributed by atoms with E-state index in [0.717, 1.165) is 0 Å². The summed E-state index contributed by atoms with van der Waals surface area (Å²) >= 11 is 5.71. The predicted octanol–water partition coefficient (Wildman–Crippen LogP) is 1.12. The highest BCUT2D eigenvalue weighted by molar-refractivity contribution is 6.29. The molecule has 2 amide bonds. The van der Waals surface area contributed by atoms with Crippen LogP contribution in [0, 0.1) is 11.8 Å². The fourth-order valence-electron chi connectivity index (χ4n) is 2.00. The van der Waals surface area contributed by atoms with Crippen LogP contribution in [0.4, 0.5) is 0 Å². The molecular formula is C18H16ClN3O4. The van der Waals surface area contributed by atoms with Gasteiger partial charge in [0.05, 0.1) is 6.10 Å². The number of nitrogens with one attached hydrogen (secondary N) is 2. The van der Waals surface area contributed by atoms with E-state index in [-0.39, 0.29) is 5.56 Å². The Morgan fingerprint density at radius 3 is 2.27 bits per heavy atom. The quantitative estimate of drug-likeness (QED) is 0.278. The summed E-state index contributed by atoms with van der Waals surface area (Å²) in [4.78, 5) is 27.5. The minimum atomic E-state index is -1.27. The Kier molecular flexibility index (Phi) is 6.69. The molecule has 0 bridgehead atoms. The van der Waals surface area contributed by atoms with Crippen molar-refractivity contribution in [3.63, 3.8) is 0 Å². The van der Waals surface area contributed by atoms with E-state index < -0.39 is 24.0 Å². The minimum Gasteiger partial charge on any atom is -0.391 e. The molecule has 1 aromatic heterocycles. The topological polar surface area (TPSA) is 112 Å². The van der Waals surface area contributed by atoms with E-state index in [4.69, 9.17) is 16.8 Å². The molecule has 2 rings (SSSR count). The zero-order valence-electron chi connectivity index (χ0n) is 13.7. The number of rotatable bonds is 4. The fourth-order valence-corrected chi connectivity index (χ4v) is 2.11. The maximum Gasteiger partial charge on any atom is 0.268 e. The van der Waals surface area contributed by atoms with E-state index in [1.807, 2.05) is 0 Å². The molecular weight excluding hydrogens is 358 g/mol. The van der Waals surface area contributed by atoms with Gasteiger partial charge < -0.3 is 10.4 Å². The van der Waals surface area contributed by atoms with Crippen molar-refractivity contribution in [3.05, 3.63) is 64.4 Å². The zero-order valence-corrected chi connectivity index (χ0v) is 14.5. The van der Waals surface area contributed by atoms with Gasteiger partial charge in [0.2, 0.25) is 0 Å². The van der Waals surface area contributed by atoms with Crippen LogP contribution in [0.5, 0.6) is 0 Å². The molecule has 4 N–H and O–H groups in total. The zero-order chi connectivity index (χ0) is 19.1. The maximum atomic E-state index is 12.2. The third-order valence-electron chi connectivity index (χ3n) is 3.39. The van der Waals surface area contributed by atoms with Gasteiger partial charge in [0.15, 0.2) is 0 Å². The smallest absolute Gasteiger partial charge is 0.268 e. The van der Waals surface area contributed by atoms with Gasteiger partial charge in [-0.1, -0.05) is 23.4 Å². The van der Waals surface area contributed by atoms with Gasteiger partial charge in [0.1, 0.15) is 11.2 Å². The Labute approximate surface area is 155 Å². The number of hydrogen-bond acceptors (Lipinski definition) is 5. The van der Waals surface area contributed by atoms with E-state index in [1.165, 1.54) is 24.5 Å². The molecule has 0 radical (unpaired) electrons. The van der Waals surface area contributed by atoms with Crippen LogP contribution in [0.1, 0.15) is 28.4 Å². The van der Waals surface area contributed by atoms with E-state index >= 15 is 0 Å². The van der Waals surface area contributed by atoms with Gasteiger partial charge in [-0.25, -0.2) is 10.5 Å². The summed E-state index contributed by atoms with van der Waals surface area (Å²) in [6, 6.07) is 8.48. The number of aliphatic hydroxyl groups excluding tert-OH is 1. The molecule has 0 unspecified atom stereocenters. The lowest BCUT2D eigenvalue weighted by Gasteiger charge is -2.19. The monoisotopic (exact) mass is 373 g/mol. The van der Waals surface area contributed by atoms with Crippen molar-refractivity contribution in [1.82, 2.24) is 15.8 Å². The molecule has 0 aliphatic heterocycles. The van der Waals surface area contributed by atoms with E-state index in [2.05, 4.69) is 22.1 Å². The third-order valence-corrected chi connectivity index (χ3v) is 3.61. The standard InChI is InChI=1S/C18H16ClN3O4/c1-11(23)16(18(25)22-26)21-17(24)14-7-4-12(5-8-14)2-3-13-6-9-15(19)20-10-13/h4-11,16,23,26H,1H3,(H,21,24)(H,22,25)/t11-,16+/m1/s1. The van der Waals surface area contributed by atoms with E-state index in [9.17, 15) is 14.7 Å². The van der Waals surface area contributed by atoms with E-state index in [0.29, 0.717) is 16.3 Å². The van der Waals surface area contributed by atoms with Gasteiger partial charge in [-0.2, -0.15) is 0 Å². The highest BCUT2D eigenvalue weighted by atomic mass is 35.5. The number of aliphatic hydroxyl groups is 1. The molecule has 1 aromatic carbocycles. The van der Waals surface area contributed by atoms with Crippen LogP contribution in [0.3, 0.4) is 0 Å². The normalized spacial score (nSPS) is 12.3. The Morgan fingerprint density at radius 2 is 1.73 bits per heavy atom. The molecule has 0 aliphatic carbocycles. The molecule has 0 spiro atoms. The van der Waals surface area contributed by atoms with Crippen molar-refractivity contribution in [2.75, 3.05) is 0 Å². The van der Waals surface area contributed by atoms with Crippen molar-refractivity contribution in [3.8, 4) is 11.8 Å². The number of carbonyl (C=O) groups is 2. The highest BCUT2D eigenvalue weighted by Crippen LogP contribution is 2.07. The second-order valence-electron chi connectivity index (χ2n) is 5.36. The lowest BCUT2D eigenvalue weighted by atomic mass is 10.1. The number of pyridine rings is 1. The molecule has 134 valence electrons. The number of amides is 2. The molecule has 26 heavy (non-hydrogen) atoms. The molecule has 0 fully saturated rings. The first kappa shape index (κ1) is 19.4. The average Bonchev–Trinajstić information content (AvgIpc) is 2.65. The molecule has 0 saturated heterocycles. The summed E-state index contributed by atoms with van der Waals surface area (Å²) in [6.45, 7) is 1.32. The number of benzene rings is 1. The predicted molar refractivity (Wildman–Crippen MR) is 94.5 cm³/mol. The van der Waals surface area contributed by atoms with Crippen LogP contribution in [-0.4, -0.2) is 39.3 Å². The lowest BCUT2D eigenvalue weighted by molar-refractivity contribution is -0.133. The molecule has 0 saturated carbocycles. The van der Waals surface area contributed by atoms with Crippen molar-refractivity contribution < 1.29 is 19.9 Å². The van der Waals surface area contributed by atoms with Gasteiger partial charge in [-0.05, 0) is 43.3 Å². The molecule has 0 aliphatic rings. The SMILES string of the molecule is C[C@@H](O)[C@H](NC(=O)c1ccc(C#Cc2ccc(Cl)nc2)cc1)C(=O)NO. The first-order chi connectivity index (χ1) is 12.4. The van der Waals surface area contributed by atoms with Crippen LogP contribution < -0.4 is 10.8 Å². The lowest BCUT2D eigenvalue weighted by Crippen LogP contribution is -2.51. The Morgan fingerprint density at radius 1 is 1.12 bits per heavy atom. The Hall–Kier alpha value is -2.92. The Balaban J connectivity index is 2.08. The highest BCUT2D eigenvalue weighted by Gasteiger charge is 2.25. The molecule has 2 aromatic rings. The van der Waals surface area contributed by atoms with Crippen molar-refractivity contribution in [2.24, 2.45) is 0 Å². The first-order valence-electron chi connectivity index (χ1n) is 7.57. The van der Waals surface area contributed by atoms with Crippen molar-refractivity contribution in [1.29, 1.82) is 0 Å². The number of carbonyl (C=O) groups excluding carboxylic acids is 2. The number of nitrogens with zero attached hydrogens (tertiary/aromatic N) is 1. The number of halogens is 1. The number of hydroxylamine groups is 1. The second kappa shape index (κ2) is 8.97. The third kappa shape index (κ3) is 5.29. The maximum absolute atomic E-state index is 12.2. The van der Waals surface area contributed by atoms with Crippen LogP contribution in [-0.2, 0) is 4.79 Å². The minimum absolute atomic E-state index is 0.278. The second-order valence-corrected chi connectivity index (χ2v) is 5.75. The largest absolute Gasteiger partial charge is 0.391 e. The van der Waals surface area contributed by atoms with E-state index in [1.54, 1.807) is 30.5 Å². The first-order valence-corrected chi connectivity index (χ1v) is 7.95. The summed E-state index contributed by atoms with van der Waals surface area (Å²) in [5, 5.41) is 20.9. The molecule has 8 heteroatoms. The summed E-state index contributed by atoms with van der Waals surface area (Å²) in [7, 11) is 0. The molecule has 2 atom stereocenters. The van der Waals surface area contributed by atoms with Gasteiger partial charge >= 0.3 is 0 Å². The molecule has 1 heterocycles. The van der Waals surface area contributed by atoms with Crippen LogP contribution in [0.25, 0.3) is 0 Å². The number of aromatic nitrogens is 1. The van der Waals surface area contributed by atoms with Gasteiger partial charge in [0, 0.05) is 22.9 Å². The average molecular weight is 374 g/mol. The summed E-state index contributed by atoms with van der Waals surface area (Å²) in [5.41, 5.74) is 3.06. The van der Waals surface area contributed by atoms with Gasteiger partial charge in [0.25, 0.3) is 11.8 Å². The fraction of sp³-hybridized carbons (Fsp3) is 0.167. The van der Waals surface area contributed by atoms with Crippen molar-refractivity contribution in [2.45, 2.75) is 19.1 Å². The van der Waals surface area contributed by atoms with Gasteiger partial charge in [-0.3, -0.25) is 14.8 Å². The summed E-state index contributed by atoms with van der Waals surface area (Å²) < 4.78 is 0. The van der Waals surface area contributed by atoms with Crippen molar-refractivity contribution >= 4 is 23.4 Å². The van der Waals surface area contributed by atoms with Crippen LogP contribution in [0.2, 0.25) is 5.15 Å². The van der Waals surface area contributed by atoms with Gasteiger partial charge in [-0.15, -0.1) is 0 Å². The van der Waals surface area contributed by atoms with Crippen LogP contribution in [0.15, 0.2) is 42.6 Å². The summed E-state index contributed by atoms with van der Waals surface area (Å²) in [6.07, 6.45) is 0.378. The Bertz CT molecular complexity index is 839. The van der Waals surface area contributed by atoms with Crippen LogP contribution >= 0.6 is 11.6 Å².